The largest absolute Gasteiger partial charge is 0.478 e. The lowest BCUT2D eigenvalue weighted by atomic mass is 10.1. The summed E-state index contributed by atoms with van der Waals surface area (Å²) in [5, 5.41) is 15.2. The normalized spacial score (nSPS) is 12.8. The highest BCUT2D eigenvalue weighted by molar-refractivity contribution is 5.79. The van der Waals surface area contributed by atoms with Crippen LogP contribution in [0, 0.1) is 5.41 Å². The van der Waals surface area contributed by atoms with Crippen LogP contribution in [-0.2, 0) is 4.79 Å². The van der Waals surface area contributed by atoms with E-state index in [0.717, 1.165) is 17.2 Å². The minimum atomic E-state index is -0.919. The maximum atomic E-state index is 10.1. The van der Waals surface area contributed by atoms with Gasteiger partial charge in [-0.2, -0.15) is 0 Å². The van der Waals surface area contributed by atoms with E-state index in [2.05, 4.69) is 0 Å². The van der Waals surface area contributed by atoms with Gasteiger partial charge in [0.2, 0.25) is 0 Å². The van der Waals surface area contributed by atoms with E-state index in [9.17, 15) is 4.79 Å². The second-order valence-corrected chi connectivity index (χ2v) is 2.91. The van der Waals surface area contributed by atoms with Gasteiger partial charge >= 0.3 is 5.97 Å². The average Bonchev–Trinajstić information content (AvgIpc) is 2.04. The Morgan fingerprint density at radius 1 is 1.31 bits per heavy atom. The molecule has 0 aliphatic carbocycles. The van der Waals surface area contributed by atoms with Gasteiger partial charge in [0, 0.05) is 12.5 Å². The number of carboxylic acids is 1. The summed E-state index contributed by atoms with van der Waals surface area (Å²) in [6, 6.07) is 0. The van der Waals surface area contributed by atoms with Crippen LogP contribution in [0.4, 0.5) is 0 Å². The summed E-state index contributed by atoms with van der Waals surface area (Å²) in [6.45, 7) is 3.90. The van der Waals surface area contributed by atoms with Crippen LogP contribution in [0.1, 0.15) is 26.7 Å². The van der Waals surface area contributed by atoms with E-state index in [4.69, 9.17) is 10.5 Å². The second-order valence-electron chi connectivity index (χ2n) is 2.91. The molecule has 0 atom stereocenters. The Morgan fingerprint density at radius 2 is 1.85 bits per heavy atom. The summed E-state index contributed by atoms with van der Waals surface area (Å²) in [6.07, 6.45) is 5.39. The summed E-state index contributed by atoms with van der Waals surface area (Å²) in [7, 11) is 0. The second kappa shape index (κ2) is 6.17. The van der Waals surface area contributed by atoms with Gasteiger partial charge in [-0.1, -0.05) is 17.2 Å². The Balaban J connectivity index is 4.12. The molecule has 0 spiro atoms. The fourth-order valence-corrected chi connectivity index (χ4v) is 0.838. The molecule has 0 aliphatic rings. The fraction of sp³-hybridized carbons (Fsp3) is 0.400. The van der Waals surface area contributed by atoms with Crippen molar-refractivity contribution in [3.63, 3.8) is 0 Å². The SMILES string of the molecule is CC(CC=N)=C(C)CC=CC(=O)O. The molecule has 0 aromatic carbocycles. The van der Waals surface area contributed by atoms with Gasteiger partial charge in [-0.05, 0) is 26.5 Å². The van der Waals surface area contributed by atoms with E-state index < -0.39 is 5.97 Å². The maximum Gasteiger partial charge on any atom is 0.327 e. The summed E-state index contributed by atoms with van der Waals surface area (Å²) in [4.78, 5) is 10.1. The molecule has 0 saturated carbocycles. The molecule has 0 amide bonds. The molecular formula is C10H15NO2. The Labute approximate surface area is 78.3 Å². The molecule has 0 saturated heterocycles. The first-order valence-corrected chi connectivity index (χ1v) is 4.11. The number of aliphatic carboxylic acids is 1. The third kappa shape index (κ3) is 5.84. The predicted octanol–water partition coefficient (Wildman–Crippen LogP) is 2.39. The molecule has 0 aliphatic heterocycles. The number of nitrogens with one attached hydrogen (secondary N) is 1. The van der Waals surface area contributed by atoms with E-state index in [1.807, 2.05) is 13.8 Å². The number of hydrogen-bond donors (Lipinski definition) is 2. The molecule has 0 heterocycles. The number of carboxylic acid groups (broad SMARTS) is 1. The van der Waals surface area contributed by atoms with Crippen molar-refractivity contribution < 1.29 is 9.90 Å². The average molecular weight is 181 g/mol. The van der Waals surface area contributed by atoms with Gasteiger partial charge in [0.05, 0.1) is 0 Å². The van der Waals surface area contributed by atoms with Crippen LogP contribution < -0.4 is 0 Å². The van der Waals surface area contributed by atoms with Crippen molar-refractivity contribution in [1.82, 2.24) is 0 Å². The van der Waals surface area contributed by atoms with Crippen LogP contribution in [0.25, 0.3) is 0 Å². The molecule has 13 heavy (non-hydrogen) atoms. The van der Waals surface area contributed by atoms with Crippen molar-refractivity contribution in [1.29, 1.82) is 5.41 Å². The van der Waals surface area contributed by atoms with E-state index in [1.54, 1.807) is 6.08 Å². The molecule has 0 bridgehead atoms. The number of rotatable bonds is 5. The lowest BCUT2D eigenvalue weighted by molar-refractivity contribution is -0.131. The van der Waals surface area contributed by atoms with Crippen molar-refractivity contribution >= 4 is 12.2 Å². The highest BCUT2D eigenvalue weighted by Crippen LogP contribution is 2.10. The van der Waals surface area contributed by atoms with Crippen molar-refractivity contribution in [3.05, 3.63) is 23.3 Å². The Morgan fingerprint density at radius 3 is 2.31 bits per heavy atom. The minimum absolute atomic E-state index is 0.645. The molecule has 2 N–H and O–H groups in total. The van der Waals surface area contributed by atoms with Gasteiger partial charge in [-0.25, -0.2) is 4.79 Å². The first-order valence-electron chi connectivity index (χ1n) is 4.11. The topological polar surface area (TPSA) is 61.2 Å². The lowest BCUT2D eigenvalue weighted by Gasteiger charge is -2.01. The Bertz CT molecular complexity index is 252. The van der Waals surface area contributed by atoms with Crippen LogP contribution in [0.2, 0.25) is 0 Å². The monoisotopic (exact) mass is 181 g/mol. The summed E-state index contributed by atoms with van der Waals surface area (Å²) in [5.41, 5.74) is 2.26. The van der Waals surface area contributed by atoms with Gasteiger partial charge < -0.3 is 10.5 Å². The van der Waals surface area contributed by atoms with Gasteiger partial charge in [-0.15, -0.1) is 0 Å². The third-order valence-corrected chi connectivity index (χ3v) is 1.82. The molecule has 0 rings (SSSR count). The molecule has 0 aromatic rings. The van der Waals surface area contributed by atoms with Crippen LogP contribution in [0.15, 0.2) is 23.3 Å². The van der Waals surface area contributed by atoms with Crippen LogP contribution in [0.3, 0.4) is 0 Å². The van der Waals surface area contributed by atoms with Crippen molar-refractivity contribution in [2.24, 2.45) is 0 Å². The molecular weight excluding hydrogens is 166 g/mol. The van der Waals surface area contributed by atoms with Gasteiger partial charge in [0.1, 0.15) is 0 Å². The number of allylic oxidation sites excluding steroid dienone is 3. The quantitative estimate of drug-likeness (QED) is 0.388. The third-order valence-electron chi connectivity index (χ3n) is 1.82. The summed E-state index contributed by atoms with van der Waals surface area (Å²) >= 11 is 0. The zero-order valence-corrected chi connectivity index (χ0v) is 8.00. The highest BCUT2D eigenvalue weighted by Gasteiger charge is 1.93. The molecule has 3 nitrogen and oxygen atoms in total. The van der Waals surface area contributed by atoms with E-state index in [1.165, 1.54) is 6.21 Å². The molecule has 0 fully saturated rings. The fourth-order valence-electron chi connectivity index (χ4n) is 0.838. The summed E-state index contributed by atoms with van der Waals surface area (Å²) < 4.78 is 0. The smallest absolute Gasteiger partial charge is 0.327 e. The first kappa shape index (κ1) is 11.6. The Hall–Kier alpha value is -1.38. The zero-order valence-electron chi connectivity index (χ0n) is 8.00. The summed E-state index contributed by atoms with van der Waals surface area (Å²) in [5.74, 6) is -0.919. The molecule has 0 aromatic heterocycles. The van der Waals surface area contributed by atoms with Crippen LogP contribution in [0.5, 0.6) is 0 Å². The van der Waals surface area contributed by atoms with Crippen molar-refractivity contribution in [2.45, 2.75) is 26.7 Å². The predicted molar refractivity (Wildman–Crippen MR) is 53.2 cm³/mol. The van der Waals surface area contributed by atoms with Gasteiger partial charge in [0.15, 0.2) is 0 Å². The maximum absolute atomic E-state index is 10.1. The molecule has 0 unspecified atom stereocenters. The number of carbonyl (C=O) groups is 1. The van der Waals surface area contributed by atoms with Gasteiger partial charge in [-0.3, -0.25) is 0 Å². The minimum Gasteiger partial charge on any atom is -0.478 e. The molecule has 0 radical (unpaired) electrons. The molecule has 3 heteroatoms. The molecule has 72 valence electrons. The highest BCUT2D eigenvalue weighted by atomic mass is 16.4. The van der Waals surface area contributed by atoms with Crippen LogP contribution >= 0.6 is 0 Å². The Kier molecular flexibility index (Phi) is 5.52. The number of hydrogen-bond acceptors (Lipinski definition) is 2. The standard InChI is InChI=1S/C10H15NO2/c1-8(9(2)6-7-11)4-3-5-10(12)13/h3,5,7,11H,4,6H2,1-2H3,(H,12,13). The zero-order chi connectivity index (χ0) is 10.3. The van der Waals surface area contributed by atoms with Crippen LogP contribution in [-0.4, -0.2) is 17.3 Å². The van der Waals surface area contributed by atoms with E-state index in [0.29, 0.717) is 12.8 Å². The van der Waals surface area contributed by atoms with Gasteiger partial charge in [0.25, 0.3) is 0 Å². The van der Waals surface area contributed by atoms with E-state index >= 15 is 0 Å². The van der Waals surface area contributed by atoms with E-state index in [-0.39, 0.29) is 0 Å². The van der Waals surface area contributed by atoms with Crippen molar-refractivity contribution in [3.8, 4) is 0 Å². The first-order chi connectivity index (χ1) is 6.07. The van der Waals surface area contributed by atoms with Crippen molar-refractivity contribution in [2.75, 3.05) is 0 Å². The lowest BCUT2D eigenvalue weighted by Crippen LogP contribution is -1.88.